The Hall–Kier alpha value is -5.08. The monoisotopic (exact) mass is 1320 g/mol. The molecule has 4 aromatic rings. The minimum atomic E-state index is -4.44. The summed E-state index contributed by atoms with van der Waals surface area (Å²) < 4.78 is 60.6. The highest BCUT2D eigenvalue weighted by Gasteiger charge is 2.55. The molecular weight excluding hydrogens is 1250 g/mol. The van der Waals surface area contributed by atoms with E-state index in [1.807, 2.05) is 13.8 Å². The van der Waals surface area contributed by atoms with Gasteiger partial charge in [0, 0.05) is 63.5 Å². The molecule has 0 radical (unpaired) electrons. The molecule has 86 heavy (non-hydrogen) atoms. The van der Waals surface area contributed by atoms with Crippen molar-refractivity contribution in [2.24, 2.45) is 5.92 Å². The van der Waals surface area contributed by atoms with Crippen molar-refractivity contribution in [3.05, 3.63) is 25.3 Å². The first kappa shape index (κ1) is 66.9. The SMILES string of the molecule is CC1CC(=O)N(CCOCCC(=O)N(C)CCN(C)C(=O)CCC(C)(C)SSCCOC(=O)N(C)CCOC(=O)O[C@@H]2[C@@H]3OP(O)(=S)OC[C@H]4O[C@@H](n5cnc6c(N)ncnc65)[C@H](OP(O)(=S)OC[C@H]3O[C@H]2n2cnc3c(N)ncnc32)[C@@H]4O)C1=O. The summed E-state index contributed by atoms with van der Waals surface area (Å²) in [6.07, 6.45) is -7.55. The topological polar surface area (TPSA) is 408 Å². The summed E-state index contributed by atoms with van der Waals surface area (Å²) in [5.41, 5.74) is 12.7. The van der Waals surface area contributed by atoms with E-state index in [0.29, 0.717) is 25.3 Å². The van der Waals surface area contributed by atoms with Crippen LogP contribution in [-0.2, 0) is 89.3 Å². The van der Waals surface area contributed by atoms with Gasteiger partial charge in [0.2, 0.25) is 23.6 Å². The first-order valence-electron chi connectivity index (χ1n) is 26.8. The summed E-state index contributed by atoms with van der Waals surface area (Å²) >= 11 is 10.9. The number of ether oxygens (including phenoxy) is 6. The first-order valence-corrected chi connectivity index (χ1v) is 34.3. The lowest BCUT2D eigenvalue weighted by molar-refractivity contribution is -0.140. The number of hydrogen-bond acceptors (Lipinski definition) is 29. The van der Waals surface area contributed by atoms with Crippen LogP contribution < -0.4 is 11.5 Å². The summed E-state index contributed by atoms with van der Waals surface area (Å²) in [6.45, 7) is -3.82. The maximum absolute atomic E-state index is 13.6. The number of aliphatic hydroxyl groups is 1. The Morgan fingerprint density at radius 1 is 0.767 bits per heavy atom. The Balaban J connectivity index is 0.783. The summed E-state index contributed by atoms with van der Waals surface area (Å²) in [5, 5.41) is 11.5. The predicted octanol–water partition coefficient (Wildman–Crippen LogP) is 1.49. The van der Waals surface area contributed by atoms with Gasteiger partial charge in [0.1, 0.15) is 67.4 Å². The molecule has 8 rings (SSSR count). The minimum absolute atomic E-state index is 0.00566. The second-order valence-corrected chi connectivity index (χ2v) is 29.5. The van der Waals surface area contributed by atoms with E-state index in [2.05, 4.69) is 29.9 Å². The Bertz CT molecular complexity index is 3210. The van der Waals surface area contributed by atoms with Gasteiger partial charge in [-0.1, -0.05) is 28.5 Å². The molecule has 3 unspecified atom stereocenters. The predicted molar refractivity (Wildman–Crippen MR) is 313 cm³/mol. The Morgan fingerprint density at radius 2 is 1.35 bits per heavy atom. The van der Waals surface area contributed by atoms with Crippen LogP contribution in [0, 0.1) is 5.92 Å². The van der Waals surface area contributed by atoms with E-state index in [1.165, 1.54) is 71.5 Å². The van der Waals surface area contributed by atoms with E-state index >= 15 is 0 Å². The number of imide groups is 1. The zero-order chi connectivity index (χ0) is 62.3. The molecule has 0 spiro atoms. The molecule has 39 heteroatoms. The number of aliphatic hydroxyl groups excluding tert-OH is 1. The smallest absolute Gasteiger partial charge is 0.449 e. The third-order valence-electron chi connectivity index (χ3n) is 14.1. The fourth-order valence-corrected chi connectivity index (χ4v) is 14.4. The number of imidazole rings is 2. The van der Waals surface area contributed by atoms with Gasteiger partial charge < -0.3 is 78.5 Å². The third kappa shape index (κ3) is 16.8. The fraction of sp³-hybridized carbons (Fsp3) is 0.660. The number of anilines is 2. The third-order valence-corrected chi connectivity index (χ3v) is 20.5. The van der Waals surface area contributed by atoms with Crippen LogP contribution in [0.3, 0.4) is 0 Å². The molecule has 0 aromatic carbocycles. The number of fused-ring (bicyclic) bond motifs is 5. The van der Waals surface area contributed by atoms with Crippen molar-refractivity contribution >= 4 is 128 Å². The number of rotatable bonds is 23. The van der Waals surface area contributed by atoms with E-state index in [0.717, 1.165) is 6.33 Å². The second-order valence-electron chi connectivity index (χ2n) is 20.8. The van der Waals surface area contributed by atoms with Gasteiger partial charge in [-0.15, -0.1) is 0 Å². The van der Waals surface area contributed by atoms with E-state index in [-0.39, 0.29) is 120 Å². The van der Waals surface area contributed by atoms with Gasteiger partial charge in [-0.05, 0) is 43.9 Å². The molecule has 5 amide bonds. The molecular formula is C47H68N14O19P2S4. The van der Waals surface area contributed by atoms with Crippen LogP contribution in [-0.4, -0.2) is 243 Å². The maximum Gasteiger partial charge on any atom is 0.508 e. The van der Waals surface area contributed by atoms with Gasteiger partial charge in [-0.25, -0.2) is 39.5 Å². The molecule has 474 valence electrons. The van der Waals surface area contributed by atoms with Gasteiger partial charge >= 0.3 is 25.7 Å². The van der Waals surface area contributed by atoms with Crippen LogP contribution >= 0.6 is 35.0 Å². The van der Waals surface area contributed by atoms with Crippen LogP contribution in [0.1, 0.15) is 58.9 Å². The van der Waals surface area contributed by atoms with Crippen molar-refractivity contribution in [1.82, 2.24) is 58.6 Å². The molecule has 0 saturated carbocycles. The number of carbonyl (C=O) groups excluding carboxylic acids is 6. The number of nitrogens with two attached hydrogens (primary N) is 2. The Morgan fingerprint density at radius 3 is 1.97 bits per heavy atom. The zero-order valence-corrected chi connectivity index (χ0v) is 52.6. The number of nitrogen functional groups attached to an aromatic ring is 2. The summed E-state index contributed by atoms with van der Waals surface area (Å²) in [6, 6.07) is 0. The normalized spacial score (nSPS) is 27.1. The quantitative estimate of drug-likeness (QED) is 0.0231. The van der Waals surface area contributed by atoms with E-state index in [1.54, 1.807) is 25.9 Å². The molecule has 4 aliphatic heterocycles. The molecule has 4 aliphatic rings. The summed E-state index contributed by atoms with van der Waals surface area (Å²) in [7, 11) is 7.76. The van der Waals surface area contributed by atoms with Crippen molar-refractivity contribution in [3.8, 4) is 0 Å². The molecule has 7 N–H and O–H groups in total. The molecule has 8 heterocycles. The highest BCUT2D eigenvalue weighted by molar-refractivity contribution is 8.77. The average molecular weight is 1320 g/mol. The number of hydrogen-bond donors (Lipinski definition) is 5. The molecule has 2 bridgehead atoms. The van der Waals surface area contributed by atoms with Crippen molar-refractivity contribution in [1.29, 1.82) is 0 Å². The number of nitrogens with zero attached hydrogens (tertiary/aromatic N) is 12. The average Bonchev–Trinajstić information content (AvgIpc) is 1.69. The Kier molecular flexibility index (Phi) is 22.6. The van der Waals surface area contributed by atoms with Crippen LogP contribution in [0.25, 0.3) is 22.3 Å². The standard InChI is InChI=1S/C47H68N14O19P2S4/c1-26-19-31(64)59(42(26)66)13-15-71-14-8-30(63)57(5)11-10-56(4)29(62)7-9-47(2,3)86-85-18-17-72-45(67)58(6)12-16-73-46(68)78-37-35-28(77-44(37)61-25-55-33-39(49)51-23-53-41(33)61)21-75-82(70,84)80-36-34(65)27(20-74-81(69,83)79-35)76-43(36)60-24-54-32-38(48)50-22-52-40(32)60/h22-28,34-37,43-44,65H,7-21H2,1-6H3,(H,69,83)(H,70,84)(H2,48,50,52)(H2,49,51,53)/t26?,27-,28-,34-,35-,36-,37-,43-,44-,81?,82?/m1/s1. The minimum Gasteiger partial charge on any atom is -0.449 e. The van der Waals surface area contributed by atoms with Gasteiger partial charge in [-0.3, -0.25) is 42.3 Å². The van der Waals surface area contributed by atoms with Gasteiger partial charge in [-0.2, -0.15) is 0 Å². The van der Waals surface area contributed by atoms with Crippen LogP contribution in [0.15, 0.2) is 25.3 Å². The summed E-state index contributed by atoms with van der Waals surface area (Å²) in [4.78, 5) is 130. The maximum atomic E-state index is 13.6. The molecule has 11 atom stereocenters. The van der Waals surface area contributed by atoms with Crippen molar-refractivity contribution in [2.45, 2.75) is 100 Å². The van der Waals surface area contributed by atoms with Gasteiger partial charge in [0.05, 0.1) is 58.6 Å². The number of aromatic nitrogens is 8. The lowest BCUT2D eigenvalue weighted by Crippen LogP contribution is -2.39. The first-order chi connectivity index (χ1) is 40.7. The summed E-state index contributed by atoms with van der Waals surface area (Å²) in [5.74, 6) is -0.534. The Labute approximate surface area is 510 Å². The number of likely N-dealkylation sites (N-methyl/N-ethyl adjacent to an activating group) is 3. The van der Waals surface area contributed by atoms with Crippen LogP contribution in [0.2, 0.25) is 0 Å². The van der Waals surface area contributed by atoms with E-state index in [9.17, 15) is 43.7 Å². The van der Waals surface area contributed by atoms with Crippen LogP contribution in [0.5, 0.6) is 0 Å². The number of amides is 5. The number of likely N-dealkylation sites (tertiary alicyclic amines) is 1. The second kappa shape index (κ2) is 29.0. The molecule has 4 fully saturated rings. The van der Waals surface area contributed by atoms with Crippen molar-refractivity contribution < 1.29 is 90.2 Å². The van der Waals surface area contributed by atoms with E-state index in [4.69, 9.17) is 81.6 Å². The molecule has 4 aromatic heterocycles. The lowest BCUT2D eigenvalue weighted by Gasteiger charge is -2.29. The van der Waals surface area contributed by atoms with Crippen molar-refractivity contribution in [2.75, 3.05) is 104 Å². The molecule has 0 aliphatic carbocycles. The van der Waals surface area contributed by atoms with Gasteiger partial charge in [0.15, 0.2) is 41.5 Å². The van der Waals surface area contributed by atoms with Crippen molar-refractivity contribution in [3.63, 3.8) is 0 Å². The van der Waals surface area contributed by atoms with E-state index < -0.39 is 94.6 Å². The highest BCUT2D eigenvalue weighted by Crippen LogP contribution is 2.54. The zero-order valence-electron chi connectivity index (χ0n) is 47.5. The van der Waals surface area contributed by atoms with Crippen LogP contribution in [0.4, 0.5) is 21.2 Å². The fourth-order valence-electron chi connectivity index (χ4n) is 9.19. The molecule has 4 saturated heterocycles. The van der Waals surface area contributed by atoms with Gasteiger partial charge in [0.25, 0.3) is 0 Å². The lowest BCUT2D eigenvalue weighted by atomic mass is 10.1. The largest absolute Gasteiger partial charge is 0.508 e. The molecule has 33 nitrogen and oxygen atoms in total. The number of carbonyl (C=O) groups is 6. The highest BCUT2D eigenvalue weighted by atomic mass is 33.1.